The summed E-state index contributed by atoms with van der Waals surface area (Å²) >= 11 is 26.6. The maximum Gasteiger partial charge on any atom is 0.235 e. The first-order valence-electron chi connectivity index (χ1n) is 8.65. The second-order valence-corrected chi connectivity index (χ2v) is 9.04. The van der Waals surface area contributed by atoms with Crippen LogP contribution in [0.25, 0.3) is 0 Å². The van der Waals surface area contributed by atoms with Gasteiger partial charge in [0, 0.05) is 20.8 Å². The van der Waals surface area contributed by atoms with Crippen LogP contribution in [0.2, 0.25) is 0 Å². The van der Waals surface area contributed by atoms with Crippen LogP contribution >= 0.6 is 46.4 Å². The first-order valence-corrected chi connectivity index (χ1v) is 10.2. The van der Waals surface area contributed by atoms with E-state index in [1.807, 2.05) is 30.3 Å². The number of methoxy groups -OCH3 is 2. The molecule has 1 saturated carbocycles. The minimum Gasteiger partial charge on any atom is -0.350 e. The van der Waals surface area contributed by atoms with E-state index in [1.165, 1.54) is 19.1 Å². The topological polar surface area (TPSA) is 55.8 Å². The molecule has 5 nitrogen and oxygen atoms in total. The Hall–Kier alpha value is -0.820. The predicted molar refractivity (Wildman–Crippen MR) is 106 cm³/mol. The van der Waals surface area contributed by atoms with Gasteiger partial charge >= 0.3 is 0 Å². The van der Waals surface area contributed by atoms with Gasteiger partial charge in [0.15, 0.2) is 0 Å². The van der Waals surface area contributed by atoms with Crippen LogP contribution in [-0.4, -0.2) is 53.0 Å². The molecule has 3 aliphatic rings. The summed E-state index contributed by atoms with van der Waals surface area (Å²) in [5.74, 6) is -4.73. The fourth-order valence-electron chi connectivity index (χ4n) is 4.87. The van der Waals surface area contributed by atoms with Gasteiger partial charge in [-0.15, -0.1) is 23.2 Å². The summed E-state index contributed by atoms with van der Waals surface area (Å²) in [6.07, 6.45) is 0.511. The molecule has 0 radical (unpaired) electrons. The van der Waals surface area contributed by atoms with Crippen LogP contribution < -0.4 is 0 Å². The van der Waals surface area contributed by atoms with Crippen LogP contribution in [-0.2, 0) is 25.5 Å². The number of likely N-dealkylation sites (tertiary alicyclic amines) is 1. The molecule has 0 spiro atoms. The van der Waals surface area contributed by atoms with Gasteiger partial charge in [-0.05, 0) is 12.0 Å². The van der Waals surface area contributed by atoms with Gasteiger partial charge in [0.2, 0.25) is 17.6 Å². The van der Waals surface area contributed by atoms with Gasteiger partial charge in [0.1, 0.15) is 9.75 Å². The van der Waals surface area contributed by atoms with Crippen molar-refractivity contribution in [2.75, 3.05) is 20.8 Å². The second kappa shape index (κ2) is 6.59. The van der Waals surface area contributed by atoms with E-state index in [0.717, 1.165) is 5.56 Å². The number of carbonyl (C=O) groups is 2. The van der Waals surface area contributed by atoms with Gasteiger partial charge in [0.25, 0.3) is 0 Å². The van der Waals surface area contributed by atoms with Crippen molar-refractivity contribution in [2.45, 2.75) is 22.0 Å². The summed E-state index contributed by atoms with van der Waals surface area (Å²) in [6.45, 7) is 0.205. The number of hydrogen-bond acceptors (Lipinski definition) is 4. The van der Waals surface area contributed by atoms with E-state index in [-0.39, 0.29) is 16.6 Å². The van der Waals surface area contributed by atoms with E-state index in [9.17, 15) is 9.59 Å². The molecule has 28 heavy (non-hydrogen) atoms. The van der Waals surface area contributed by atoms with E-state index < -0.39 is 39.2 Å². The van der Waals surface area contributed by atoms with Crippen LogP contribution in [0.4, 0.5) is 0 Å². The molecule has 2 aliphatic carbocycles. The van der Waals surface area contributed by atoms with Gasteiger partial charge in [-0.2, -0.15) is 0 Å². The molecule has 1 heterocycles. The van der Waals surface area contributed by atoms with Crippen molar-refractivity contribution in [1.29, 1.82) is 0 Å². The van der Waals surface area contributed by atoms with Gasteiger partial charge < -0.3 is 9.47 Å². The normalized spacial score (nSPS) is 35.9. The largest absolute Gasteiger partial charge is 0.350 e. The van der Waals surface area contributed by atoms with Crippen LogP contribution in [0.1, 0.15) is 5.56 Å². The smallest absolute Gasteiger partial charge is 0.235 e. The number of ether oxygens (including phenoxy) is 2. The molecule has 0 unspecified atom stereocenters. The highest BCUT2D eigenvalue weighted by Gasteiger charge is 2.89. The highest BCUT2D eigenvalue weighted by molar-refractivity contribution is 6.53. The lowest BCUT2D eigenvalue weighted by Gasteiger charge is -2.42. The maximum absolute atomic E-state index is 13.3. The molecule has 1 saturated heterocycles. The van der Waals surface area contributed by atoms with Crippen LogP contribution in [0, 0.1) is 11.8 Å². The summed E-state index contributed by atoms with van der Waals surface area (Å²) in [5.41, 5.74) is 1.00. The molecular formula is C19H17Cl4NO4. The van der Waals surface area contributed by atoms with Crippen molar-refractivity contribution >= 4 is 58.2 Å². The summed E-state index contributed by atoms with van der Waals surface area (Å²) < 4.78 is 11.1. The highest BCUT2D eigenvalue weighted by Crippen LogP contribution is 2.75. The minimum atomic E-state index is -1.75. The number of benzene rings is 1. The molecular weight excluding hydrogens is 448 g/mol. The van der Waals surface area contributed by atoms with Gasteiger partial charge in [0.05, 0.1) is 21.9 Å². The summed E-state index contributed by atoms with van der Waals surface area (Å²) in [6, 6.07) is 9.55. The van der Waals surface area contributed by atoms with Crippen molar-refractivity contribution in [3.63, 3.8) is 0 Å². The molecule has 2 amide bonds. The molecule has 150 valence electrons. The fourth-order valence-corrected chi connectivity index (χ4v) is 7.03. The summed E-state index contributed by atoms with van der Waals surface area (Å²) in [7, 11) is 2.67. The van der Waals surface area contributed by atoms with Crippen molar-refractivity contribution < 1.29 is 19.1 Å². The first-order chi connectivity index (χ1) is 13.2. The number of hydrogen-bond donors (Lipinski definition) is 0. The Balaban J connectivity index is 1.74. The van der Waals surface area contributed by atoms with E-state index in [4.69, 9.17) is 55.9 Å². The van der Waals surface area contributed by atoms with Crippen LogP contribution in [0.3, 0.4) is 0 Å². The van der Waals surface area contributed by atoms with E-state index in [2.05, 4.69) is 0 Å². The third kappa shape index (κ3) is 2.08. The SMILES string of the molecule is COC1(OC)[C@@]2(Cl)C(Cl)=C(Cl)[C@@]1(Cl)[C@H]1C(=O)N(CCc3ccccc3)C(=O)[C@@H]12. The lowest BCUT2D eigenvalue weighted by atomic mass is 9.84. The Morgan fingerprint density at radius 2 is 1.39 bits per heavy atom. The first kappa shape index (κ1) is 20.5. The number of fused-ring (bicyclic) bond motifs is 5. The monoisotopic (exact) mass is 463 g/mol. The predicted octanol–water partition coefficient (Wildman–Crippen LogP) is 3.49. The van der Waals surface area contributed by atoms with Crippen molar-refractivity contribution in [1.82, 2.24) is 4.90 Å². The Bertz CT molecular complexity index is 841. The molecule has 2 fully saturated rings. The lowest BCUT2D eigenvalue weighted by molar-refractivity contribution is -0.222. The standard InChI is InChI=1S/C19H17Cl4NO4/c1-27-19(28-2)17(22)11-12(18(19,23)14(21)13(17)20)16(26)24(15(11)25)9-8-10-6-4-3-5-7-10/h3-7,11-12H,8-9H2,1-2H3/t11-,12-,17+,18+/m1/s1. The van der Waals surface area contributed by atoms with Crippen LogP contribution in [0.15, 0.2) is 40.4 Å². The lowest BCUT2D eigenvalue weighted by Crippen LogP contribution is -2.60. The fraction of sp³-hybridized carbons (Fsp3) is 0.474. The van der Waals surface area contributed by atoms with Crippen LogP contribution in [0.5, 0.6) is 0 Å². The number of rotatable bonds is 5. The Morgan fingerprint density at radius 3 is 1.82 bits per heavy atom. The summed E-state index contributed by atoms with van der Waals surface area (Å²) in [4.78, 5) is 24.3. The molecule has 0 aromatic heterocycles. The van der Waals surface area contributed by atoms with E-state index in [1.54, 1.807) is 0 Å². The zero-order valence-electron chi connectivity index (χ0n) is 15.0. The number of alkyl halides is 2. The Morgan fingerprint density at radius 1 is 0.929 bits per heavy atom. The average Bonchev–Trinajstić information content (AvgIpc) is 3.11. The second-order valence-electron chi connectivity index (χ2n) is 7.10. The molecule has 2 bridgehead atoms. The van der Waals surface area contributed by atoms with E-state index in [0.29, 0.717) is 6.42 Å². The van der Waals surface area contributed by atoms with Gasteiger partial charge in [-0.25, -0.2) is 0 Å². The zero-order chi connectivity index (χ0) is 20.5. The van der Waals surface area contributed by atoms with Gasteiger partial charge in [-0.1, -0.05) is 53.5 Å². The molecule has 1 aromatic rings. The number of carbonyl (C=O) groups excluding carboxylic acids is 2. The molecule has 4 rings (SSSR count). The molecule has 9 heteroatoms. The van der Waals surface area contributed by atoms with Crippen molar-refractivity contribution in [3.8, 4) is 0 Å². The third-order valence-electron chi connectivity index (χ3n) is 6.09. The number of halogens is 4. The molecule has 4 atom stereocenters. The molecule has 1 aliphatic heterocycles. The highest BCUT2D eigenvalue weighted by atomic mass is 35.5. The zero-order valence-corrected chi connectivity index (χ0v) is 18.1. The number of amides is 2. The van der Waals surface area contributed by atoms with E-state index >= 15 is 0 Å². The molecule has 0 N–H and O–H groups in total. The number of nitrogens with zero attached hydrogens (tertiary/aromatic N) is 1. The minimum absolute atomic E-state index is 0.0261. The number of imide groups is 1. The molecule has 1 aromatic carbocycles. The Kier molecular flexibility index (Phi) is 4.82. The summed E-state index contributed by atoms with van der Waals surface area (Å²) in [5, 5.41) is -0.0521. The van der Waals surface area contributed by atoms with Crippen molar-refractivity contribution in [3.05, 3.63) is 46.0 Å². The third-order valence-corrected chi connectivity index (χ3v) is 8.70. The van der Waals surface area contributed by atoms with Crippen molar-refractivity contribution in [2.24, 2.45) is 11.8 Å². The maximum atomic E-state index is 13.3. The Labute approximate surface area is 182 Å². The quantitative estimate of drug-likeness (QED) is 0.380. The average molecular weight is 465 g/mol. The van der Waals surface area contributed by atoms with Gasteiger partial charge in [-0.3, -0.25) is 14.5 Å².